The van der Waals surface area contributed by atoms with E-state index < -0.39 is 5.97 Å². The van der Waals surface area contributed by atoms with Gasteiger partial charge in [-0.05, 0) is 43.5 Å². The lowest BCUT2D eigenvalue weighted by molar-refractivity contribution is 0.0690. The van der Waals surface area contributed by atoms with Crippen molar-refractivity contribution in [3.8, 4) is 0 Å². The Kier molecular flexibility index (Phi) is 5.88. The van der Waals surface area contributed by atoms with Gasteiger partial charge < -0.3 is 19.6 Å². The van der Waals surface area contributed by atoms with E-state index in [1.807, 2.05) is 22.9 Å². The van der Waals surface area contributed by atoms with E-state index in [4.69, 9.17) is 0 Å². The van der Waals surface area contributed by atoms with E-state index in [1.54, 1.807) is 43.7 Å². The highest BCUT2D eigenvalue weighted by atomic mass is 16.4. The summed E-state index contributed by atoms with van der Waals surface area (Å²) in [6.07, 6.45) is 9.49. The maximum absolute atomic E-state index is 13.3. The lowest BCUT2D eigenvalue weighted by Gasteiger charge is -2.23. The number of imidazole rings is 1. The Labute approximate surface area is 162 Å². The fraction of sp³-hybridized carbons (Fsp3) is 0.300. The van der Waals surface area contributed by atoms with Crippen LogP contribution < -0.4 is 0 Å². The monoisotopic (exact) mass is 381 g/mol. The van der Waals surface area contributed by atoms with Crippen LogP contribution >= 0.6 is 0 Å². The van der Waals surface area contributed by atoms with Gasteiger partial charge in [0.25, 0.3) is 5.91 Å². The molecule has 0 aliphatic carbocycles. The first-order valence-corrected chi connectivity index (χ1v) is 9.03. The molecule has 0 unspecified atom stereocenters. The molecule has 3 aromatic rings. The Morgan fingerprint density at radius 3 is 2.54 bits per heavy atom. The standard InChI is InChI=1S/C20H23N5O3/c1-14-17(15(2)23-18(14)20(27)28)19(26)25(12-16-4-6-21-7-5-16)10-3-9-24-11-8-22-13-24/h4-8,11,13,23H,3,9-10,12H2,1-2H3,(H,27,28). The fourth-order valence-electron chi connectivity index (χ4n) is 3.27. The topological polar surface area (TPSA) is 104 Å². The second kappa shape index (κ2) is 8.51. The van der Waals surface area contributed by atoms with Gasteiger partial charge in [-0.3, -0.25) is 9.78 Å². The number of nitrogens with one attached hydrogen (secondary N) is 1. The first kappa shape index (κ1) is 19.3. The SMILES string of the molecule is Cc1[nH]c(C(=O)O)c(C)c1C(=O)N(CCCn1ccnc1)Cc1ccncc1. The summed E-state index contributed by atoms with van der Waals surface area (Å²) >= 11 is 0. The third-order valence-electron chi connectivity index (χ3n) is 4.68. The number of pyridine rings is 1. The van der Waals surface area contributed by atoms with E-state index in [1.165, 1.54) is 0 Å². The van der Waals surface area contributed by atoms with Gasteiger partial charge in [-0.25, -0.2) is 9.78 Å². The van der Waals surface area contributed by atoms with Crippen molar-refractivity contribution in [2.24, 2.45) is 0 Å². The van der Waals surface area contributed by atoms with Crippen LogP contribution in [0.3, 0.4) is 0 Å². The van der Waals surface area contributed by atoms with Crippen molar-refractivity contribution in [1.29, 1.82) is 0 Å². The minimum atomic E-state index is -1.07. The van der Waals surface area contributed by atoms with E-state index >= 15 is 0 Å². The number of carbonyl (C=O) groups excluding carboxylic acids is 1. The molecule has 0 saturated heterocycles. The average molecular weight is 381 g/mol. The molecular weight excluding hydrogens is 358 g/mol. The Morgan fingerprint density at radius 2 is 1.93 bits per heavy atom. The smallest absolute Gasteiger partial charge is 0.352 e. The summed E-state index contributed by atoms with van der Waals surface area (Å²) in [5.74, 6) is -1.25. The molecule has 0 radical (unpaired) electrons. The summed E-state index contributed by atoms with van der Waals surface area (Å²) < 4.78 is 1.96. The van der Waals surface area contributed by atoms with Gasteiger partial charge in [0, 0.05) is 50.1 Å². The van der Waals surface area contributed by atoms with Crippen LogP contribution in [-0.4, -0.2) is 47.9 Å². The number of carboxylic acids is 1. The van der Waals surface area contributed by atoms with Crippen molar-refractivity contribution in [2.45, 2.75) is 33.4 Å². The molecule has 0 fully saturated rings. The van der Waals surface area contributed by atoms with Gasteiger partial charge in [0.1, 0.15) is 5.69 Å². The quantitative estimate of drug-likeness (QED) is 0.624. The molecule has 2 N–H and O–H groups in total. The number of aryl methyl sites for hydroxylation is 2. The van der Waals surface area contributed by atoms with Gasteiger partial charge in [-0.1, -0.05) is 0 Å². The third kappa shape index (κ3) is 4.28. The highest BCUT2D eigenvalue weighted by Gasteiger charge is 2.25. The van der Waals surface area contributed by atoms with Gasteiger partial charge in [-0.2, -0.15) is 0 Å². The number of aromatic amines is 1. The zero-order valence-corrected chi connectivity index (χ0v) is 15.9. The number of nitrogens with zero attached hydrogens (tertiary/aromatic N) is 4. The van der Waals surface area contributed by atoms with Gasteiger partial charge in [0.05, 0.1) is 11.9 Å². The van der Waals surface area contributed by atoms with Crippen molar-refractivity contribution < 1.29 is 14.7 Å². The van der Waals surface area contributed by atoms with E-state index in [2.05, 4.69) is 15.0 Å². The second-order valence-electron chi connectivity index (χ2n) is 6.67. The molecule has 3 rings (SSSR count). The summed E-state index contributed by atoms with van der Waals surface area (Å²) in [6, 6.07) is 3.74. The van der Waals surface area contributed by atoms with Crippen LogP contribution in [0.25, 0.3) is 0 Å². The fourth-order valence-corrected chi connectivity index (χ4v) is 3.27. The predicted octanol–water partition coefficient (Wildman–Crippen LogP) is 2.65. The molecule has 8 heteroatoms. The minimum Gasteiger partial charge on any atom is -0.477 e. The molecule has 3 aromatic heterocycles. The highest BCUT2D eigenvalue weighted by Crippen LogP contribution is 2.21. The normalized spacial score (nSPS) is 10.8. The summed E-state index contributed by atoms with van der Waals surface area (Å²) in [6.45, 7) is 5.09. The van der Waals surface area contributed by atoms with Gasteiger partial charge >= 0.3 is 5.97 Å². The van der Waals surface area contributed by atoms with Crippen LogP contribution in [-0.2, 0) is 13.1 Å². The number of aromatic nitrogens is 4. The molecule has 1 amide bonds. The molecule has 146 valence electrons. The third-order valence-corrected chi connectivity index (χ3v) is 4.68. The van der Waals surface area contributed by atoms with Crippen LogP contribution in [0, 0.1) is 13.8 Å². The number of hydrogen-bond donors (Lipinski definition) is 2. The lowest BCUT2D eigenvalue weighted by atomic mass is 10.1. The summed E-state index contributed by atoms with van der Waals surface area (Å²) in [7, 11) is 0. The van der Waals surface area contributed by atoms with E-state index in [0.29, 0.717) is 29.9 Å². The maximum atomic E-state index is 13.3. The van der Waals surface area contributed by atoms with Crippen molar-refractivity contribution in [3.05, 3.63) is 71.3 Å². The van der Waals surface area contributed by atoms with Crippen LogP contribution in [0.4, 0.5) is 0 Å². The Balaban J connectivity index is 1.82. The second-order valence-corrected chi connectivity index (χ2v) is 6.67. The number of carbonyl (C=O) groups is 2. The number of amides is 1. The van der Waals surface area contributed by atoms with Gasteiger partial charge in [-0.15, -0.1) is 0 Å². The number of H-pyrrole nitrogens is 1. The molecule has 0 aliphatic rings. The van der Waals surface area contributed by atoms with Crippen LogP contribution in [0.5, 0.6) is 0 Å². The molecule has 3 heterocycles. The summed E-state index contributed by atoms with van der Waals surface area (Å²) in [5.41, 5.74) is 2.48. The maximum Gasteiger partial charge on any atom is 0.352 e. The molecular formula is C20H23N5O3. The Morgan fingerprint density at radius 1 is 1.18 bits per heavy atom. The first-order chi connectivity index (χ1) is 13.5. The summed E-state index contributed by atoms with van der Waals surface area (Å²) in [4.78, 5) is 37.3. The molecule has 0 bridgehead atoms. The van der Waals surface area contributed by atoms with Crippen molar-refractivity contribution in [1.82, 2.24) is 24.4 Å². The van der Waals surface area contributed by atoms with E-state index in [-0.39, 0.29) is 11.6 Å². The summed E-state index contributed by atoms with van der Waals surface area (Å²) in [5, 5.41) is 9.33. The first-order valence-electron chi connectivity index (χ1n) is 9.03. The lowest BCUT2D eigenvalue weighted by Crippen LogP contribution is -2.32. The van der Waals surface area contributed by atoms with Crippen LogP contribution in [0.2, 0.25) is 0 Å². The molecule has 0 aliphatic heterocycles. The molecule has 28 heavy (non-hydrogen) atoms. The number of carboxylic acid groups (broad SMARTS) is 1. The Bertz CT molecular complexity index is 948. The van der Waals surface area contributed by atoms with Crippen LogP contribution in [0.15, 0.2) is 43.2 Å². The van der Waals surface area contributed by atoms with E-state index in [9.17, 15) is 14.7 Å². The van der Waals surface area contributed by atoms with Crippen molar-refractivity contribution >= 4 is 11.9 Å². The van der Waals surface area contributed by atoms with Crippen LogP contribution in [0.1, 0.15) is 44.1 Å². The minimum absolute atomic E-state index is 0.0585. The number of rotatable bonds is 8. The molecule has 0 atom stereocenters. The zero-order valence-electron chi connectivity index (χ0n) is 15.9. The Hall–Kier alpha value is -3.42. The highest BCUT2D eigenvalue weighted by molar-refractivity contribution is 6.00. The number of hydrogen-bond acceptors (Lipinski definition) is 4. The van der Waals surface area contributed by atoms with Crippen molar-refractivity contribution in [3.63, 3.8) is 0 Å². The molecule has 8 nitrogen and oxygen atoms in total. The molecule has 0 spiro atoms. The van der Waals surface area contributed by atoms with Gasteiger partial charge in [0.15, 0.2) is 0 Å². The zero-order chi connectivity index (χ0) is 20.1. The van der Waals surface area contributed by atoms with E-state index in [0.717, 1.165) is 18.5 Å². The largest absolute Gasteiger partial charge is 0.477 e. The molecule has 0 saturated carbocycles. The predicted molar refractivity (Wildman–Crippen MR) is 103 cm³/mol. The average Bonchev–Trinajstić information content (AvgIpc) is 3.29. The van der Waals surface area contributed by atoms with Gasteiger partial charge in [0.2, 0.25) is 0 Å². The van der Waals surface area contributed by atoms with Crippen molar-refractivity contribution in [2.75, 3.05) is 6.54 Å². The number of aromatic carboxylic acids is 1. The molecule has 0 aromatic carbocycles.